The van der Waals surface area contributed by atoms with Crippen molar-refractivity contribution in [1.29, 1.82) is 0 Å². The zero-order valence-corrected chi connectivity index (χ0v) is 10.1. The van der Waals surface area contributed by atoms with Crippen LogP contribution in [0.1, 0.15) is 25.8 Å². The highest BCUT2D eigenvalue weighted by Gasteiger charge is 2.57. The number of rotatable bonds is 4. The van der Waals surface area contributed by atoms with Crippen LogP contribution < -0.4 is 4.74 Å². The topological polar surface area (TPSA) is 26.3 Å². The predicted molar refractivity (Wildman–Crippen MR) is 63.7 cm³/mol. The second-order valence-electron chi connectivity index (χ2n) is 4.87. The van der Waals surface area contributed by atoms with E-state index in [1.807, 2.05) is 12.1 Å². The van der Waals surface area contributed by atoms with Crippen LogP contribution in [0.25, 0.3) is 0 Å². The van der Waals surface area contributed by atoms with Crippen molar-refractivity contribution in [3.8, 4) is 5.75 Å². The van der Waals surface area contributed by atoms with Crippen molar-refractivity contribution in [3.63, 3.8) is 0 Å². The Bertz CT molecular complexity index is 397. The number of hydrogen-bond acceptors (Lipinski definition) is 2. The molecular weight excluding hydrogens is 200 g/mol. The Morgan fingerprint density at radius 2 is 2.25 bits per heavy atom. The first-order valence-electron chi connectivity index (χ1n) is 5.75. The van der Waals surface area contributed by atoms with E-state index in [0.29, 0.717) is 5.92 Å². The van der Waals surface area contributed by atoms with Crippen LogP contribution in [0.5, 0.6) is 5.75 Å². The Balaban J connectivity index is 2.38. The van der Waals surface area contributed by atoms with Gasteiger partial charge in [-0.1, -0.05) is 26.0 Å². The van der Waals surface area contributed by atoms with Gasteiger partial charge in [-0.25, -0.2) is 0 Å². The quantitative estimate of drug-likeness (QED) is 0.726. The summed E-state index contributed by atoms with van der Waals surface area (Å²) in [5.74, 6) is 1.53. The Labute approximate surface area is 96.6 Å². The maximum Gasteiger partial charge on any atom is 0.124 e. The first kappa shape index (κ1) is 11.2. The van der Waals surface area contributed by atoms with Crippen molar-refractivity contribution < 1.29 is 9.53 Å². The molecule has 2 nitrogen and oxygen atoms in total. The molecule has 2 heteroatoms. The van der Waals surface area contributed by atoms with Gasteiger partial charge in [0, 0.05) is 11.3 Å². The van der Waals surface area contributed by atoms with Crippen LogP contribution in [0, 0.1) is 11.8 Å². The fraction of sp³-hybridized carbons (Fsp3) is 0.500. The van der Waals surface area contributed by atoms with Gasteiger partial charge in [-0.15, -0.1) is 0 Å². The van der Waals surface area contributed by atoms with Crippen LogP contribution in [-0.4, -0.2) is 13.4 Å². The minimum Gasteiger partial charge on any atom is -0.497 e. The first-order chi connectivity index (χ1) is 7.65. The average molecular weight is 218 g/mol. The molecule has 0 bridgehead atoms. The third-order valence-corrected chi connectivity index (χ3v) is 3.86. The monoisotopic (exact) mass is 218 g/mol. The fourth-order valence-corrected chi connectivity index (χ4v) is 2.72. The van der Waals surface area contributed by atoms with Crippen LogP contribution in [-0.2, 0) is 10.2 Å². The van der Waals surface area contributed by atoms with Gasteiger partial charge in [-0.2, -0.15) is 0 Å². The summed E-state index contributed by atoms with van der Waals surface area (Å²) in [6.07, 6.45) is 2.07. The van der Waals surface area contributed by atoms with E-state index >= 15 is 0 Å². The maximum absolute atomic E-state index is 11.0. The van der Waals surface area contributed by atoms with E-state index in [-0.39, 0.29) is 11.3 Å². The molecule has 1 fully saturated rings. The van der Waals surface area contributed by atoms with Crippen LogP contribution in [0.4, 0.5) is 0 Å². The summed E-state index contributed by atoms with van der Waals surface area (Å²) in [6.45, 7) is 4.37. The highest BCUT2D eigenvalue weighted by atomic mass is 16.5. The van der Waals surface area contributed by atoms with Gasteiger partial charge in [0.1, 0.15) is 12.0 Å². The van der Waals surface area contributed by atoms with Gasteiger partial charge in [0.2, 0.25) is 0 Å². The molecule has 0 saturated heterocycles. The summed E-state index contributed by atoms with van der Waals surface area (Å²) >= 11 is 0. The standard InChI is InChI=1S/C14H18O2/c1-10(2)14(8-12(14)9-15)11-5-4-6-13(7-11)16-3/h4-7,9-10,12H,8H2,1-3H3. The Kier molecular flexibility index (Phi) is 2.75. The number of carbonyl (C=O) groups is 1. The number of ether oxygens (including phenoxy) is 1. The summed E-state index contributed by atoms with van der Waals surface area (Å²) in [7, 11) is 1.67. The van der Waals surface area contributed by atoms with Gasteiger partial charge < -0.3 is 9.53 Å². The molecule has 0 amide bonds. The number of carbonyl (C=O) groups excluding carboxylic acids is 1. The zero-order valence-electron chi connectivity index (χ0n) is 10.1. The van der Waals surface area contributed by atoms with Crippen molar-refractivity contribution in [2.24, 2.45) is 11.8 Å². The lowest BCUT2D eigenvalue weighted by atomic mass is 9.83. The number of hydrogen-bond donors (Lipinski definition) is 0. The van der Waals surface area contributed by atoms with Crippen molar-refractivity contribution in [2.75, 3.05) is 7.11 Å². The highest BCUT2D eigenvalue weighted by Crippen LogP contribution is 2.58. The van der Waals surface area contributed by atoms with Gasteiger partial charge in [0.25, 0.3) is 0 Å². The predicted octanol–water partition coefficient (Wildman–Crippen LogP) is 2.81. The summed E-state index contributed by atoms with van der Waals surface area (Å²) in [5.41, 5.74) is 1.29. The molecule has 2 rings (SSSR count). The van der Waals surface area contributed by atoms with Crippen LogP contribution in [0.15, 0.2) is 24.3 Å². The lowest BCUT2D eigenvalue weighted by Crippen LogP contribution is -2.18. The van der Waals surface area contributed by atoms with Gasteiger partial charge in [0.05, 0.1) is 7.11 Å². The van der Waals surface area contributed by atoms with E-state index < -0.39 is 0 Å². The summed E-state index contributed by atoms with van der Waals surface area (Å²) < 4.78 is 5.24. The van der Waals surface area contributed by atoms with Gasteiger partial charge in [-0.3, -0.25) is 0 Å². The van der Waals surface area contributed by atoms with Crippen LogP contribution in [0.3, 0.4) is 0 Å². The molecule has 0 aliphatic heterocycles. The van der Waals surface area contributed by atoms with Crippen LogP contribution >= 0.6 is 0 Å². The Morgan fingerprint density at radius 1 is 1.50 bits per heavy atom. The molecule has 2 unspecified atom stereocenters. The smallest absolute Gasteiger partial charge is 0.124 e. The summed E-state index contributed by atoms with van der Waals surface area (Å²) in [4.78, 5) is 11.0. The van der Waals surface area contributed by atoms with Crippen molar-refractivity contribution in [2.45, 2.75) is 25.7 Å². The number of benzene rings is 1. The molecule has 1 aromatic rings. The molecule has 16 heavy (non-hydrogen) atoms. The molecule has 86 valence electrons. The number of aldehydes is 1. The zero-order chi connectivity index (χ0) is 11.8. The first-order valence-corrected chi connectivity index (χ1v) is 5.75. The van der Waals surface area contributed by atoms with Crippen molar-refractivity contribution in [1.82, 2.24) is 0 Å². The van der Waals surface area contributed by atoms with Gasteiger partial charge in [-0.05, 0) is 30.0 Å². The van der Waals surface area contributed by atoms with Gasteiger partial charge in [0.15, 0.2) is 0 Å². The molecule has 0 heterocycles. The minimum absolute atomic E-state index is 0.0519. The lowest BCUT2D eigenvalue weighted by molar-refractivity contribution is -0.109. The normalized spacial score (nSPS) is 27.9. The van der Waals surface area contributed by atoms with E-state index in [1.165, 1.54) is 5.56 Å². The SMILES string of the molecule is COc1cccc(C2(C(C)C)CC2C=O)c1. The maximum atomic E-state index is 11.0. The Hall–Kier alpha value is -1.31. The summed E-state index contributed by atoms with van der Waals surface area (Å²) in [6, 6.07) is 8.10. The van der Waals surface area contributed by atoms with E-state index in [4.69, 9.17) is 4.74 Å². The van der Waals surface area contributed by atoms with E-state index in [9.17, 15) is 4.79 Å². The molecule has 1 saturated carbocycles. The van der Waals surface area contributed by atoms with E-state index in [0.717, 1.165) is 18.5 Å². The second kappa shape index (κ2) is 3.93. The Morgan fingerprint density at radius 3 is 2.75 bits per heavy atom. The van der Waals surface area contributed by atoms with Crippen LogP contribution in [0.2, 0.25) is 0 Å². The van der Waals surface area contributed by atoms with Crippen molar-refractivity contribution >= 4 is 6.29 Å². The molecule has 0 radical (unpaired) electrons. The molecule has 0 spiro atoms. The molecule has 0 N–H and O–H groups in total. The highest BCUT2D eigenvalue weighted by molar-refractivity contribution is 5.65. The molecule has 0 aromatic heterocycles. The fourth-order valence-electron chi connectivity index (χ4n) is 2.72. The average Bonchev–Trinajstić information content (AvgIpc) is 3.05. The molecule has 1 aliphatic carbocycles. The molecule has 1 aliphatic rings. The molecular formula is C14H18O2. The van der Waals surface area contributed by atoms with Gasteiger partial charge >= 0.3 is 0 Å². The number of methoxy groups -OCH3 is 1. The second-order valence-corrected chi connectivity index (χ2v) is 4.87. The molecule has 2 atom stereocenters. The molecule has 1 aromatic carbocycles. The summed E-state index contributed by atoms with van der Waals surface area (Å²) in [5, 5.41) is 0. The third kappa shape index (κ3) is 1.53. The third-order valence-electron chi connectivity index (χ3n) is 3.86. The van der Waals surface area contributed by atoms with E-state index in [1.54, 1.807) is 7.11 Å². The lowest BCUT2D eigenvalue weighted by Gasteiger charge is -2.21. The van der Waals surface area contributed by atoms with Crippen molar-refractivity contribution in [3.05, 3.63) is 29.8 Å². The largest absolute Gasteiger partial charge is 0.497 e. The van der Waals surface area contributed by atoms with E-state index in [2.05, 4.69) is 26.0 Å². The minimum atomic E-state index is 0.0519.